The number of sulfonamides is 4. The molecular formula is C19H26Cl2N4O9S4. The van der Waals surface area contributed by atoms with Gasteiger partial charge in [-0.15, -0.1) is 0 Å². The van der Waals surface area contributed by atoms with Crippen molar-refractivity contribution in [1.82, 2.24) is 4.31 Å². The predicted molar refractivity (Wildman–Crippen MR) is 140 cm³/mol. The first-order chi connectivity index (χ1) is 17.1. The lowest BCUT2D eigenvalue weighted by atomic mass is 10.0. The van der Waals surface area contributed by atoms with Crippen molar-refractivity contribution in [1.29, 1.82) is 0 Å². The first-order valence-electron chi connectivity index (χ1n) is 10.4. The molecule has 0 spiro atoms. The van der Waals surface area contributed by atoms with E-state index in [1.165, 1.54) is 19.2 Å². The fraction of sp³-hybridized carbons (Fsp3) is 0.368. The summed E-state index contributed by atoms with van der Waals surface area (Å²) in [4.78, 5) is -1.45. The Morgan fingerprint density at radius 3 is 1.66 bits per heavy atom. The average Bonchev–Trinajstić information content (AvgIpc) is 3.18. The first-order valence-corrected chi connectivity index (χ1v) is 17.2. The third-order valence-corrected chi connectivity index (χ3v) is 10.8. The topological polar surface area (TPSA) is 227 Å². The van der Waals surface area contributed by atoms with E-state index in [1.807, 2.05) is 6.92 Å². The lowest BCUT2D eigenvalue weighted by Gasteiger charge is -2.28. The van der Waals surface area contributed by atoms with Gasteiger partial charge in [0.2, 0.25) is 40.1 Å². The van der Waals surface area contributed by atoms with Crippen molar-refractivity contribution < 1.29 is 38.4 Å². The zero-order valence-corrected chi connectivity index (χ0v) is 24.8. The van der Waals surface area contributed by atoms with E-state index in [2.05, 4.69) is 0 Å². The molecule has 3 rings (SSSR count). The van der Waals surface area contributed by atoms with Gasteiger partial charge in [0, 0.05) is 20.2 Å². The van der Waals surface area contributed by atoms with Crippen LogP contribution in [0, 0.1) is 0 Å². The minimum Gasteiger partial charge on any atom is -0.374 e. The number of hydrogen-bond donors (Lipinski definition) is 3. The van der Waals surface area contributed by atoms with Crippen LogP contribution in [0.25, 0.3) is 0 Å². The van der Waals surface area contributed by atoms with E-state index < -0.39 is 55.5 Å². The molecule has 1 fully saturated rings. The minimum atomic E-state index is -4.12. The summed E-state index contributed by atoms with van der Waals surface area (Å²) in [6.45, 7) is 2.62. The van der Waals surface area contributed by atoms with E-state index in [0.717, 1.165) is 41.4 Å². The van der Waals surface area contributed by atoms with Crippen molar-refractivity contribution in [3.63, 3.8) is 0 Å². The summed E-state index contributed by atoms with van der Waals surface area (Å²) in [5.41, 5.74) is -0.545. The fourth-order valence-corrected chi connectivity index (χ4v) is 7.58. The molecule has 0 aromatic heterocycles. The van der Waals surface area contributed by atoms with Crippen LogP contribution in [0.1, 0.15) is 19.8 Å². The SMILES string of the molecule is CN(CC1(C)CCCO1)S(=O)(=O)c1ccc(Cl)c(S(N)(=O)=O)c1.NS(=O)(=O)c1ccc(Cl)c(S(N)(=O)=O)c1. The molecule has 0 amide bonds. The molecular weight excluding hydrogens is 627 g/mol. The zero-order chi connectivity index (χ0) is 29.3. The molecule has 0 radical (unpaired) electrons. The molecule has 0 saturated carbocycles. The minimum absolute atomic E-state index is 0.125. The first kappa shape index (κ1) is 32.8. The van der Waals surface area contributed by atoms with Crippen LogP contribution < -0.4 is 15.4 Å². The number of ether oxygens (including phenoxy) is 1. The van der Waals surface area contributed by atoms with Crippen LogP contribution in [-0.4, -0.2) is 63.8 Å². The van der Waals surface area contributed by atoms with Crippen LogP contribution in [0.2, 0.25) is 10.0 Å². The summed E-state index contributed by atoms with van der Waals surface area (Å²) >= 11 is 11.3. The van der Waals surface area contributed by atoms with Crippen LogP contribution in [0.3, 0.4) is 0 Å². The quantitative estimate of drug-likeness (QED) is 0.384. The van der Waals surface area contributed by atoms with Crippen LogP contribution in [0.5, 0.6) is 0 Å². The van der Waals surface area contributed by atoms with Gasteiger partial charge in [-0.25, -0.2) is 49.1 Å². The van der Waals surface area contributed by atoms with Crippen molar-refractivity contribution in [2.45, 2.75) is 44.9 Å². The van der Waals surface area contributed by atoms with Gasteiger partial charge < -0.3 is 4.74 Å². The highest BCUT2D eigenvalue weighted by molar-refractivity contribution is 7.90. The Morgan fingerprint density at radius 2 is 1.26 bits per heavy atom. The number of nitrogens with zero attached hydrogens (tertiary/aromatic N) is 1. The van der Waals surface area contributed by atoms with Gasteiger partial charge in [0.05, 0.1) is 25.4 Å². The van der Waals surface area contributed by atoms with Gasteiger partial charge in [-0.05, 0) is 56.2 Å². The summed E-state index contributed by atoms with van der Waals surface area (Å²) < 4.78 is 98.9. The zero-order valence-electron chi connectivity index (χ0n) is 20.0. The number of likely N-dealkylation sites (N-methyl/N-ethyl adjacent to an activating group) is 1. The molecule has 38 heavy (non-hydrogen) atoms. The summed E-state index contributed by atoms with van der Waals surface area (Å²) in [6.07, 6.45) is 1.64. The highest BCUT2D eigenvalue weighted by Crippen LogP contribution is 2.29. The van der Waals surface area contributed by atoms with E-state index in [9.17, 15) is 33.7 Å². The summed E-state index contributed by atoms with van der Waals surface area (Å²) in [7, 11) is -14.6. The lowest BCUT2D eigenvalue weighted by Crippen LogP contribution is -2.41. The van der Waals surface area contributed by atoms with Gasteiger partial charge in [0.1, 0.15) is 9.79 Å². The van der Waals surface area contributed by atoms with Crippen molar-refractivity contribution >= 4 is 63.3 Å². The van der Waals surface area contributed by atoms with Gasteiger partial charge in [-0.1, -0.05) is 23.2 Å². The van der Waals surface area contributed by atoms with E-state index in [0.29, 0.717) is 6.61 Å². The molecule has 2 aromatic rings. The molecule has 6 N–H and O–H groups in total. The summed E-state index contributed by atoms with van der Waals surface area (Å²) in [5.74, 6) is 0. The summed E-state index contributed by atoms with van der Waals surface area (Å²) in [6, 6.07) is 6.43. The average molecular weight is 654 g/mol. The maximum atomic E-state index is 12.6. The third kappa shape index (κ3) is 8.31. The number of rotatable bonds is 7. The standard InChI is InChI=1S/C13H19ClN2O5S2.C6H7ClN2O4S2/c1-13(6-3-7-21-13)9-16(2)23(19,20)10-4-5-11(14)12(8-10)22(15,17)18;7-5-2-1-4(14(8,10)11)3-6(5)15(9,12)13/h4-5,8H,3,6-7,9H2,1-2H3,(H2,15,17,18);1-3H,(H2,8,10,11)(H2,9,12,13). The second kappa shape index (κ2) is 11.6. The van der Waals surface area contributed by atoms with E-state index in [4.69, 9.17) is 43.4 Å². The highest BCUT2D eigenvalue weighted by Gasteiger charge is 2.35. The van der Waals surface area contributed by atoms with Gasteiger partial charge in [0.15, 0.2) is 0 Å². The molecule has 214 valence electrons. The van der Waals surface area contributed by atoms with Crippen LogP contribution in [-0.2, 0) is 44.8 Å². The van der Waals surface area contributed by atoms with Crippen molar-refractivity contribution in [3.05, 3.63) is 46.4 Å². The Hall–Kier alpha value is -1.38. The largest absolute Gasteiger partial charge is 0.374 e. The van der Waals surface area contributed by atoms with Gasteiger partial charge in [-0.2, -0.15) is 4.31 Å². The van der Waals surface area contributed by atoms with E-state index in [1.54, 1.807) is 0 Å². The molecule has 2 aromatic carbocycles. The predicted octanol–water partition coefficient (Wildman–Crippen LogP) is 0.812. The Labute approximate surface area is 232 Å². The van der Waals surface area contributed by atoms with Gasteiger partial charge in [0.25, 0.3) is 0 Å². The third-order valence-electron chi connectivity index (χ3n) is 5.31. The Kier molecular flexibility index (Phi) is 10.0. The Balaban J connectivity index is 0.000000293. The number of halogens is 2. The normalized spacial score (nSPS) is 18.7. The molecule has 0 bridgehead atoms. The molecule has 1 aliphatic heterocycles. The number of hydrogen-bond acceptors (Lipinski definition) is 9. The van der Waals surface area contributed by atoms with Gasteiger partial charge in [-0.3, -0.25) is 0 Å². The van der Waals surface area contributed by atoms with Crippen molar-refractivity contribution in [3.8, 4) is 0 Å². The number of nitrogens with two attached hydrogens (primary N) is 3. The molecule has 1 heterocycles. The van der Waals surface area contributed by atoms with E-state index in [-0.39, 0.29) is 26.4 Å². The molecule has 0 aliphatic carbocycles. The van der Waals surface area contributed by atoms with Crippen LogP contribution in [0.15, 0.2) is 56.0 Å². The summed E-state index contributed by atoms with van der Waals surface area (Å²) in [5, 5.41) is 14.4. The molecule has 1 atom stereocenters. The smallest absolute Gasteiger partial charge is 0.242 e. The molecule has 19 heteroatoms. The van der Waals surface area contributed by atoms with Crippen LogP contribution in [0.4, 0.5) is 0 Å². The second-order valence-electron chi connectivity index (χ2n) is 8.48. The molecule has 1 unspecified atom stereocenters. The van der Waals surface area contributed by atoms with Crippen molar-refractivity contribution in [2.75, 3.05) is 20.2 Å². The van der Waals surface area contributed by atoms with Crippen molar-refractivity contribution in [2.24, 2.45) is 15.4 Å². The monoisotopic (exact) mass is 652 g/mol. The van der Waals surface area contributed by atoms with Gasteiger partial charge >= 0.3 is 0 Å². The number of benzene rings is 2. The highest BCUT2D eigenvalue weighted by atomic mass is 35.5. The Bertz CT molecular complexity index is 1640. The Morgan fingerprint density at radius 1 is 0.816 bits per heavy atom. The molecule has 13 nitrogen and oxygen atoms in total. The second-order valence-corrected chi connectivity index (χ2v) is 16.0. The molecule has 1 aliphatic rings. The van der Waals surface area contributed by atoms with E-state index >= 15 is 0 Å². The fourth-order valence-electron chi connectivity index (χ4n) is 3.44. The molecule has 1 saturated heterocycles. The maximum Gasteiger partial charge on any atom is 0.242 e. The maximum absolute atomic E-state index is 12.6. The number of primary sulfonamides is 3. The lowest BCUT2D eigenvalue weighted by molar-refractivity contribution is 0.00965. The van der Waals surface area contributed by atoms with Crippen LogP contribution >= 0.6 is 23.2 Å².